The summed E-state index contributed by atoms with van der Waals surface area (Å²) in [6.07, 6.45) is 0. The molecule has 6 rings (SSSR count). The molecule has 2 N–H and O–H groups in total. The highest BCUT2D eigenvalue weighted by atomic mass is 79.9. The molecule has 0 fully saturated rings. The number of fused-ring (bicyclic) bond motifs is 2. The van der Waals surface area contributed by atoms with Crippen LogP contribution in [0.15, 0.2) is 100 Å². The standard InChI is InChI=1S/C17H12BrNO4.C17H14BrNO2/c1-9-7-14-16(10(2)17(9)18)13(8-15(20)23-14)11-3-5-12(6-4-11)19(21)22;1-9-7-14-16(10(2)17(9)18)13(8-15(20)21-14)11-3-5-12(19)6-4-11/h3-8H,1-2H3;3-8H,19H2,1-2H3. The monoisotopic (exact) mass is 716 g/mol. The van der Waals surface area contributed by atoms with E-state index in [4.69, 9.17) is 14.6 Å². The van der Waals surface area contributed by atoms with Crippen molar-refractivity contribution < 1.29 is 13.8 Å². The molecule has 2 aromatic heterocycles. The molecular formula is C34H26Br2N2O6. The van der Waals surface area contributed by atoms with Crippen molar-refractivity contribution in [3.8, 4) is 22.3 Å². The summed E-state index contributed by atoms with van der Waals surface area (Å²) in [5.74, 6) is 0. The van der Waals surface area contributed by atoms with Crippen molar-refractivity contribution in [2.75, 3.05) is 5.73 Å². The molecule has 2 heterocycles. The van der Waals surface area contributed by atoms with Crippen molar-refractivity contribution in [2.45, 2.75) is 27.7 Å². The Hall–Kier alpha value is -4.54. The maximum Gasteiger partial charge on any atom is 0.336 e. The molecule has 222 valence electrons. The number of rotatable bonds is 3. The van der Waals surface area contributed by atoms with Crippen LogP contribution in [0.3, 0.4) is 0 Å². The smallest absolute Gasteiger partial charge is 0.336 e. The van der Waals surface area contributed by atoms with Gasteiger partial charge in [0.25, 0.3) is 5.69 Å². The highest BCUT2D eigenvalue weighted by molar-refractivity contribution is 9.11. The van der Waals surface area contributed by atoms with Crippen LogP contribution in [0.2, 0.25) is 0 Å². The average molecular weight is 718 g/mol. The van der Waals surface area contributed by atoms with Crippen LogP contribution in [0.5, 0.6) is 0 Å². The van der Waals surface area contributed by atoms with Gasteiger partial charge in [0.05, 0.1) is 4.92 Å². The molecule has 0 bridgehead atoms. The molecule has 44 heavy (non-hydrogen) atoms. The summed E-state index contributed by atoms with van der Waals surface area (Å²) in [7, 11) is 0. The van der Waals surface area contributed by atoms with Gasteiger partial charge >= 0.3 is 11.3 Å². The van der Waals surface area contributed by atoms with Gasteiger partial charge < -0.3 is 14.6 Å². The van der Waals surface area contributed by atoms with Crippen molar-refractivity contribution in [3.63, 3.8) is 0 Å². The van der Waals surface area contributed by atoms with Gasteiger partial charge in [-0.15, -0.1) is 0 Å². The van der Waals surface area contributed by atoms with Gasteiger partial charge in [0.2, 0.25) is 0 Å². The zero-order valence-corrected chi connectivity index (χ0v) is 27.3. The second-order valence-electron chi connectivity index (χ2n) is 10.4. The molecule has 4 aromatic carbocycles. The van der Waals surface area contributed by atoms with E-state index in [-0.39, 0.29) is 11.3 Å². The molecule has 0 aliphatic rings. The Morgan fingerprint density at radius 1 is 0.659 bits per heavy atom. The van der Waals surface area contributed by atoms with E-state index in [0.717, 1.165) is 58.7 Å². The fraction of sp³-hybridized carbons (Fsp3) is 0.118. The highest BCUT2D eigenvalue weighted by Crippen LogP contribution is 2.37. The number of nitrogens with two attached hydrogens (primary N) is 1. The summed E-state index contributed by atoms with van der Waals surface area (Å²) in [4.78, 5) is 34.1. The molecule has 0 aliphatic carbocycles. The second-order valence-corrected chi connectivity index (χ2v) is 12.0. The van der Waals surface area contributed by atoms with E-state index in [1.807, 2.05) is 64.1 Å². The molecule has 6 aromatic rings. The predicted molar refractivity (Wildman–Crippen MR) is 181 cm³/mol. The first-order valence-corrected chi connectivity index (χ1v) is 15.0. The minimum Gasteiger partial charge on any atom is -0.423 e. The Morgan fingerprint density at radius 3 is 1.43 bits per heavy atom. The van der Waals surface area contributed by atoms with Gasteiger partial charge in [0, 0.05) is 60.8 Å². The minimum atomic E-state index is -0.452. The van der Waals surface area contributed by atoms with Gasteiger partial charge in [0.1, 0.15) is 11.2 Å². The van der Waals surface area contributed by atoms with Gasteiger partial charge in [-0.25, -0.2) is 9.59 Å². The maximum absolute atomic E-state index is 11.9. The van der Waals surface area contributed by atoms with Crippen LogP contribution in [0.25, 0.3) is 44.2 Å². The van der Waals surface area contributed by atoms with Gasteiger partial charge in [-0.05, 0) is 97.5 Å². The normalized spacial score (nSPS) is 11.0. The summed E-state index contributed by atoms with van der Waals surface area (Å²) in [6.45, 7) is 7.86. The van der Waals surface area contributed by atoms with E-state index in [2.05, 4.69) is 31.9 Å². The van der Waals surface area contributed by atoms with Gasteiger partial charge in [-0.1, -0.05) is 44.0 Å². The number of hydrogen-bond acceptors (Lipinski definition) is 7. The molecule has 0 saturated carbocycles. The number of non-ortho nitro benzene ring substituents is 1. The largest absolute Gasteiger partial charge is 0.423 e. The van der Waals surface area contributed by atoms with Crippen molar-refractivity contribution in [2.24, 2.45) is 0 Å². The first-order valence-electron chi connectivity index (χ1n) is 13.4. The summed E-state index contributed by atoms with van der Waals surface area (Å²) in [5, 5.41) is 12.5. The van der Waals surface area contributed by atoms with Crippen molar-refractivity contribution >= 4 is 65.2 Å². The van der Waals surface area contributed by atoms with E-state index in [1.165, 1.54) is 24.3 Å². The lowest BCUT2D eigenvalue weighted by Crippen LogP contribution is -2.00. The fourth-order valence-corrected chi connectivity index (χ4v) is 5.84. The number of nitro benzene ring substituents is 1. The summed E-state index contributed by atoms with van der Waals surface area (Å²) in [6, 6.07) is 20.2. The molecular weight excluding hydrogens is 692 g/mol. The third-order valence-electron chi connectivity index (χ3n) is 7.38. The molecule has 0 saturated heterocycles. The van der Waals surface area contributed by atoms with Crippen LogP contribution >= 0.6 is 31.9 Å². The number of anilines is 1. The molecule has 0 amide bonds. The maximum atomic E-state index is 11.9. The number of benzene rings is 4. The Balaban J connectivity index is 0.000000175. The quantitative estimate of drug-likeness (QED) is 0.0836. The molecule has 10 heteroatoms. The third-order valence-corrected chi connectivity index (χ3v) is 9.82. The average Bonchev–Trinajstić information content (AvgIpc) is 2.98. The predicted octanol–water partition coefficient (Wildman–Crippen LogP) is 9.17. The summed E-state index contributed by atoms with van der Waals surface area (Å²) >= 11 is 7.14. The van der Waals surface area contributed by atoms with Crippen LogP contribution in [-0.2, 0) is 0 Å². The summed E-state index contributed by atoms with van der Waals surface area (Å²) < 4.78 is 12.7. The van der Waals surface area contributed by atoms with Crippen LogP contribution < -0.4 is 17.0 Å². The van der Waals surface area contributed by atoms with E-state index in [1.54, 1.807) is 12.1 Å². The Labute approximate surface area is 268 Å². The van der Waals surface area contributed by atoms with E-state index in [0.29, 0.717) is 22.4 Å². The van der Waals surface area contributed by atoms with Crippen molar-refractivity contribution in [3.05, 3.63) is 135 Å². The van der Waals surface area contributed by atoms with Crippen LogP contribution in [0, 0.1) is 37.8 Å². The zero-order chi connectivity index (χ0) is 31.9. The van der Waals surface area contributed by atoms with Gasteiger partial charge in [-0.3, -0.25) is 10.1 Å². The number of hydrogen-bond donors (Lipinski definition) is 1. The second kappa shape index (κ2) is 12.2. The van der Waals surface area contributed by atoms with E-state index >= 15 is 0 Å². The molecule has 0 aliphatic heterocycles. The summed E-state index contributed by atoms with van der Waals surface area (Å²) in [5.41, 5.74) is 14.0. The van der Waals surface area contributed by atoms with Crippen LogP contribution in [-0.4, -0.2) is 4.92 Å². The number of nitrogen functional groups attached to an aromatic ring is 1. The number of aryl methyl sites for hydroxylation is 4. The Kier molecular flexibility index (Phi) is 8.58. The lowest BCUT2D eigenvalue weighted by molar-refractivity contribution is -0.384. The Bertz CT molecular complexity index is 2200. The lowest BCUT2D eigenvalue weighted by Gasteiger charge is -2.12. The van der Waals surface area contributed by atoms with E-state index < -0.39 is 10.5 Å². The van der Waals surface area contributed by atoms with Crippen molar-refractivity contribution in [1.82, 2.24) is 0 Å². The fourth-order valence-electron chi connectivity index (χ4n) is 5.21. The lowest BCUT2D eigenvalue weighted by atomic mass is 9.97. The minimum absolute atomic E-state index is 0.00904. The Morgan fingerprint density at radius 2 is 1.05 bits per heavy atom. The zero-order valence-electron chi connectivity index (χ0n) is 24.2. The van der Waals surface area contributed by atoms with Crippen molar-refractivity contribution in [1.29, 1.82) is 0 Å². The van der Waals surface area contributed by atoms with Crippen LogP contribution in [0.4, 0.5) is 11.4 Å². The van der Waals surface area contributed by atoms with Gasteiger partial charge in [-0.2, -0.15) is 0 Å². The number of nitrogens with zero attached hydrogens (tertiary/aromatic N) is 1. The van der Waals surface area contributed by atoms with Gasteiger partial charge in [0.15, 0.2) is 0 Å². The molecule has 0 atom stereocenters. The topological polar surface area (TPSA) is 130 Å². The highest BCUT2D eigenvalue weighted by Gasteiger charge is 2.16. The first kappa shape index (κ1) is 30.9. The molecule has 0 radical (unpaired) electrons. The molecule has 0 spiro atoms. The third kappa shape index (κ3) is 5.95. The number of nitro groups is 1. The molecule has 0 unspecified atom stereocenters. The van der Waals surface area contributed by atoms with Crippen LogP contribution in [0.1, 0.15) is 22.3 Å². The SMILES string of the molecule is Cc1cc2oc(=O)cc(-c3ccc(N)cc3)c2c(C)c1Br.Cc1cc2oc(=O)cc(-c3ccc([N+](=O)[O-])cc3)c2c(C)c1Br. The first-order chi connectivity index (χ1) is 20.8. The number of halogens is 2. The molecule has 8 nitrogen and oxygen atoms in total. The van der Waals surface area contributed by atoms with E-state index in [9.17, 15) is 19.7 Å².